The van der Waals surface area contributed by atoms with Crippen LogP contribution in [-0.2, 0) is 21.7 Å². The normalized spacial score (nSPS) is 21.2. The summed E-state index contributed by atoms with van der Waals surface area (Å²) in [5.74, 6) is -1.80. The average Bonchev–Trinajstić information content (AvgIpc) is 2.99. The topological polar surface area (TPSA) is 78.5 Å². The summed E-state index contributed by atoms with van der Waals surface area (Å²) in [7, 11) is 0. The first-order chi connectivity index (χ1) is 12.3. The van der Waals surface area contributed by atoms with E-state index in [0.717, 1.165) is 5.56 Å². The van der Waals surface area contributed by atoms with Crippen molar-refractivity contribution in [2.45, 2.75) is 19.0 Å². The molecule has 1 atom stereocenters. The summed E-state index contributed by atoms with van der Waals surface area (Å²) in [5, 5.41) is 4.59. The van der Waals surface area contributed by atoms with Crippen molar-refractivity contribution in [3.63, 3.8) is 0 Å². The smallest absolute Gasteiger partial charge is 0.312 e. The van der Waals surface area contributed by atoms with E-state index in [0.29, 0.717) is 21.3 Å². The monoisotopic (exact) mass is 417 g/mol. The van der Waals surface area contributed by atoms with Gasteiger partial charge in [-0.15, -0.1) is 0 Å². The molecule has 1 spiro atoms. The Labute approximate surface area is 156 Å². The van der Waals surface area contributed by atoms with Crippen LogP contribution in [0.1, 0.15) is 16.7 Å². The van der Waals surface area contributed by atoms with Crippen molar-refractivity contribution in [3.05, 3.63) is 63.4 Å². The van der Waals surface area contributed by atoms with Gasteiger partial charge in [0.1, 0.15) is 5.82 Å². The predicted octanol–water partition coefficient (Wildman–Crippen LogP) is 2.48. The van der Waals surface area contributed by atoms with E-state index < -0.39 is 29.2 Å². The zero-order chi connectivity index (χ0) is 18.6. The molecule has 2 aromatic carbocycles. The third-order valence-electron chi connectivity index (χ3n) is 4.63. The summed E-state index contributed by atoms with van der Waals surface area (Å²) < 4.78 is 14.8. The van der Waals surface area contributed by atoms with Gasteiger partial charge < -0.3 is 10.2 Å². The first-order valence-corrected chi connectivity index (χ1v) is 8.63. The standard InChI is InChI=1S/C18H13BrFN3O3/c1-9-2-5-14-12(6-9)18(15(24)21-17(26)22-18)16(25)23(14)8-10-3-4-11(19)7-13(10)20/h2-7H,8H2,1H3,(H2,21,22,24,26). The van der Waals surface area contributed by atoms with Crippen molar-refractivity contribution in [1.29, 1.82) is 0 Å². The van der Waals surface area contributed by atoms with E-state index in [4.69, 9.17) is 0 Å². The van der Waals surface area contributed by atoms with Crippen molar-refractivity contribution >= 4 is 39.5 Å². The summed E-state index contributed by atoms with van der Waals surface area (Å²) in [5.41, 5.74) is 0.199. The van der Waals surface area contributed by atoms with E-state index in [9.17, 15) is 18.8 Å². The fourth-order valence-electron chi connectivity index (χ4n) is 3.39. The Morgan fingerprint density at radius 1 is 1.15 bits per heavy atom. The number of urea groups is 1. The first kappa shape index (κ1) is 16.7. The molecule has 132 valence electrons. The zero-order valence-electron chi connectivity index (χ0n) is 13.6. The predicted molar refractivity (Wildman–Crippen MR) is 94.8 cm³/mol. The molecule has 0 aromatic heterocycles. The minimum absolute atomic E-state index is 0.0566. The molecule has 2 aliphatic rings. The molecular weight excluding hydrogens is 405 g/mol. The van der Waals surface area contributed by atoms with Crippen LogP contribution in [0, 0.1) is 12.7 Å². The van der Waals surface area contributed by atoms with E-state index in [1.165, 1.54) is 11.0 Å². The van der Waals surface area contributed by atoms with Gasteiger partial charge in [-0.25, -0.2) is 9.18 Å². The van der Waals surface area contributed by atoms with Gasteiger partial charge in [0.05, 0.1) is 12.2 Å². The second kappa shape index (κ2) is 5.63. The molecule has 1 unspecified atom stereocenters. The highest BCUT2D eigenvalue weighted by molar-refractivity contribution is 9.10. The number of aryl methyl sites for hydroxylation is 1. The Hall–Kier alpha value is -2.74. The Morgan fingerprint density at radius 2 is 1.92 bits per heavy atom. The molecule has 8 heteroatoms. The zero-order valence-corrected chi connectivity index (χ0v) is 15.2. The lowest BCUT2D eigenvalue weighted by molar-refractivity contribution is -0.134. The SMILES string of the molecule is Cc1ccc2c(c1)C1(NC(=O)NC1=O)C(=O)N2Cc1ccc(Br)cc1F. The van der Waals surface area contributed by atoms with Crippen molar-refractivity contribution < 1.29 is 18.8 Å². The summed E-state index contributed by atoms with van der Waals surface area (Å²) in [6.45, 7) is 1.77. The molecule has 0 saturated carbocycles. The van der Waals surface area contributed by atoms with Crippen LogP contribution in [0.4, 0.5) is 14.9 Å². The summed E-state index contributed by atoms with van der Waals surface area (Å²) in [4.78, 5) is 38.7. The molecule has 0 bridgehead atoms. The molecular formula is C18H13BrFN3O3. The quantitative estimate of drug-likeness (QED) is 0.581. The van der Waals surface area contributed by atoms with Gasteiger partial charge in [-0.3, -0.25) is 14.9 Å². The molecule has 2 aliphatic heterocycles. The van der Waals surface area contributed by atoms with Crippen LogP contribution in [0.15, 0.2) is 40.9 Å². The lowest BCUT2D eigenvalue weighted by Gasteiger charge is -2.21. The molecule has 6 nitrogen and oxygen atoms in total. The highest BCUT2D eigenvalue weighted by atomic mass is 79.9. The number of anilines is 1. The largest absolute Gasteiger partial charge is 0.323 e. The van der Waals surface area contributed by atoms with Gasteiger partial charge >= 0.3 is 6.03 Å². The summed E-state index contributed by atoms with van der Waals surface area (Å²) in [6.07, 6.45) is 0. The lowest BCUT2D eigenvalue weighted by Crippen LogP contribution is -2.52. The number of carbonyl (C=O) groups is 3. The molecule has 2 aromatic rings. The summed E-state index contributed by atoms with van der Waals surface area (Å²) in [6, 6.07) is 9.01. The van der Waals surface area contributed by atoms with Crippen LogP contribution in [0.5, 0.6) is 0 Å². The van der Waals surface area contributed by atoms with E-state index in [1.54, 1.807) is 30.3 Å². The first-order valence-electron chi connectivity index (χ1n) is 7.83. The number of nitrogens with zero attached hydrogens (tertiary/aromatic N) is 1. The number of hydrogen-bond donors (Lipinski definition) is 2. The Kier molecular flexibility index (Phi) is 3.62. The van der Waals surface area contributed by atoms with Crippen LogP contribution in [0.3, 0.4) is 0 Å². The van der Waals surface area contributed by atoms with Crippen molar-refractivity contribution in [3.8, 4) is 0 Å². The van der Waals surface area contributed by atoms with Gasteiger partial charge in [-0.2, -0.15) is 0 Å². The third kappa shape index (κ3) is 2.25. The number of fused-ring (bicyclic) bond motifs is 2. The number of imide groups is 1. The molecule has 4 rings (SSSR count). The minimum atomic E-state index is -1.80. The molecule has 4 amide bonds. The highest BCUT2D eigenvalue weighted by Crippen LogP contribution is 2.43. The molecule has 2 N–H and O–H groups in total. The number of nitrogens with one attached hydrogen (secondary N) is 2. The Balaban J connectivity index is 1.84. The maximum Gasteiger partial charge on any atom is 0.323 e. The Bertz CT molecular complexity index is 994. The van der Waals surface area contributed by atoms with Gasteiger partial charge in [-0.05, 0) is 25.1 Å². The lowest BCUT2D eigenvalue weighted by atomic mass is 9.90. The number of rotatable bonds is 2. The van der Waals surface area contributed by atoms with E-state index in [-0.39, 0.29) is 6.54 Å². The van der Waals surface area contributed by atoms with Crippen LogP contribution in [-0.4, -0.2) is 17.8 Å². The molecule has 0 radical (unpaired) electrons. The fraction of sp³-hybridized carbons (Fsp3) is 0.167. The number of benzene rings is 2. The maximum absolute atomic E-state index is 14.3. The van der Waals surface area contributed by atoms with Gasteiger partial charge in [0.25, 0.3) is 11.8 Å². The molecule has 0 aliphatic carbocycles. The molecule has 2 heterocycles. The maximum atomic E-state index is 14.3. The second-order valence-corrected chi connectivity index (χ2v) is 7.22. The second-order valence-electron chi connectivity index (χ2n) is 6.31. The molecule has 26 heavy (non-hydrogen) atoms. The van der Waals surface area contributed by atoms with E-state index in [1.807, 2.05) is 6.92 Å². The average molecular weight is 418 g/mol. The van der Waals surface area contributed by atoms with Gasteiger partial charge in [0, 0.05) is 15.6 Å². The van der Waals surface area contributed by atoms with E-state index in [2.05, 4.69) is 26.6 Å². The molecule has 1 fully saturated rings. The number of carbonyl (C=O) groups excluding carboxylic acids is 3. The summed E-state index contributed by atoms with van der Waals surface area (Å²) >= 11 is 3.20. The third-order valence-corrected chi connectivity index (χ3v) is 5.12. The van der Waals surface area contributed by atoms with Crippen LogP contribution >= 0.6 is 15.9 Å². The number of amides is 4. The van der Waals surface area contributed by atoms with Crippen molar-refractivity contribution in [2.75, 3.05) is 4.90 Å². The van der Waals surface area contributed by atoms with Crippen LogP contribution < -0.4 is 15.5 Å². The molecule has 1 saturated heterocycles. The fourth-order valence-corrected chi connectivity index (χ4v) is 3.72. The van der Waals surface area contributed by atoms with Crippen molar-refractivity contribution in [2.24, 2.45) is 0 Å². The van der Waals surface area contributed by atoms with Crippen LogP contribution in [0.25, 0.3) is 0 Å². The number of hydrogen-bond acceptors (Lipinski definition) is 3. The van der Waals surface area contributed by atoms with Gasteiger partial charge in [0.2, 0.25) is 5.54 Å². The van der Waals surface area contributed by atoms with Gasteiger partial charge in [0.15, 0.2) is 0 Å². The Morgan fingerprint density at radius 3 is 2.58 bits per heavy atom. The highest BCUT2D eigenvalue weighted by Gasteiger charge is 2.61. The van der Waals surface area contributed by atoms with Gasteiger partial charge in [-0.1, -0.05) is 39.7 Å². The number of halogens is 2. The van der Waals surface area contributed by atoms with E-state index >= 15 is 0 Å². The minimum Gasteiger partial charge on any atom is -0.312 e. The van der Waals surface area contributed by atoms with Crippen molar-refractivity contribution in [1.82, 2.24) is 10.6 Å². The van der Waals surface area contributed by atoms with Crippen LogP contribution in [0.2, 0.25) is 0 Å².